The highest BCUT2D eigenvalue weighted by Gasteiger charge is 2.25. The Balaban J connectivity index is 1.76. The molecule has 1 aliphatic rings. The van der Waals surface area contributed by atoms with Crippen molar-refractivity contribution in [2.45, 2.75) is 0 Å². The van der Waals surface area contributed by atoms with Crippen LogP contribution in [0.15, 0.2) is 42.5 Å². The van der Waals surface area contributed by atoms with Gasteiger partial charge in [-0.1, -0.05) is 24.3 Å². The first kappa shape index (κ1) is 17.5. The molecule has 0 unspecified atom stereocenters. The Labute approximate surface area is 140 Å². The van der Waals surface area contributed by atoms with Crippen LogP contribution >= 0.6 is 0 Å². The van der Waals surface area contributed by atoms with Gasteiger partial charge in [-0.25, -0.2) is 4.79 Å². The number of nitrogens with zero attached hydrogens (tertiary/aromatic N) is 2. The number of benzene rings is 1. The number of carbonyl (C=O) groups excluding carboxylic acids is 3. The minimum absolute atomic E-state index is 0.101. The number of esters is 1. The van der Waals surface area contributed by atoms with Gasteiger partial charge in [-0.3, -0.25) is 9.59 Å². The normalized spacial score (nSPS) is 14.5. The molecule has 128 valence electrons. The van der Waals surface area contributed by atoms with Crippen LogP contribution in [-0.2, 0) is 19.1 Å². The average Bonchev–Trinajstić information content (AvgIpc) is 2.65. The minimum atomic E-state index is -0.669. The van der Waals surface area contributed by atoms with Crippen LogP contribution in [0, 0.1) is 0 Å². The largest absolute Gasteiger partial charge is 0.466 e. The van der Waals surface area contributed by atoms with Gasteiger partial charge in [0.15, 0.2) is 0 Å². The lowest BCUT2D eigenvalue weighted by Gasteiger charge is -2.35. The van der Waals surface area contributed by atoms with E-state index in [1.54, 1.807) is 4.90 Å². The Kier molecular flexibility index (Phi) is 6.36. The predicted molar refractivity (Wildman–Crippen MR) is 89.4 cm³/mol. The van der Waals surface area contributed by atoms with Gasteiger partial charge in [-0.2, -0.15) is 0 Å². The van der Waals surface area contributed by atoms with E-state index in [1.807, 2.05) is 30.3 Å². The third-order valence-corrected chi connectivity index (χ3v) is 3.72. The highest BCUT2D eigenvalue weighted by Crippen LogP contribution is 2.15. The van der Waals surface area contributed by atoms with Gasteiger partial charge in [-0.15, -0.1) is 0 Å². The summed E-state index contributed by atoms with van der Waals surface area (Å²) in [6, 6.07) is 9.96. The highest BCUT2D eigenvalue weighted by molar-refractivity contribution is 6.35. The number of hydrogen-bond donors (Lipinski definition) is 1. The van der Waals surface area contributed by atoms with E-state index in [9.17, 15) is 14.4 Å². The number of rotatable bonds is 4. The molecular weight excluding hydrogens is 310 g/mol. The molecule has 1 aromatic rings. The van der Waals surface area contributed by atoms with Crippen LogP contribution in [0.3, 0.4) is 0 Å². The molecule has 1 aromatic carbocycles. The van der Waals surface area contributed by atoms with Crippen LogP contribution in [-0.4, -0.2) is 62.5 Å². The third kappa shape index (κ3) is 4.84. The first-order valence-electron chi connectivity index (χ1n) is 7.73. The Hall–Kier alpha value is -2.83. The summed E-state index contributed by atoms with van der Waals surface area (Å²) in [4.78, 5) is 38.6. The van der Waals surface area contributed by atoms with Gasteiger partial charge in [0.1, 0.15) is 0 Å². The second-order valence-electron chi connectivity index (χ2n) is 5.25. The SMILES string of the molecule is COC(=O)/C=C/CNC(=O)C(=O)N1CCN(c2ccccc2)CC1. The summed E-state index contributed by atoms with van der Waals surface area (Å²) in [5, 5.41) is 2.46. The van der Waals surface area contributed by atoms with Crippen molar-refractivity contribution < 1.29 is 19.1 Å². The number of piperazine rings is 1. The molecule has 0 radical (unpaired) electrons. The molecule has 1 aliphatic heterocycles. The quantitative estimate of drug-likeness (QED) is 0.484. The second kappa shape index (κ2) is 8.71. The van der Waals surface area contributed by atoms with Crippen LogP contribution in [0.2, 0.25) is 0 Å². The number of nitrogens with one attached hydrogen (secondary N) is 1. The molecule has 0 saturated carbocycles. The van der Waals surface area contributed by atoms with E-state index < -0.39 is 17.8 Å². The molecule has 0 spiro atoms. The van der Waals surface area contributed by atoms with Crippen molar-refractivity contribution in [3.8, 4) is 0 Å². The zero-order chi connectivity index (χ0) is 17.4. The molecule has 0 aliphatic carbocycles. The lowest BCUT2D eigenvalue weighted by molar-refractivity contribution is -0.145. The van der Waals surface area contributed by atoms with Crippen molar-refractivity contribution in [3.05, 3.63) is 42.5 Å². The fourth-order valence-electron chi connectivity index (χ4n) is 2.40. The van der Waals surface area contributed by atoms with Crippen molar-refractivity contribution in [1.29, 1.82) is 0 Å². The Bertz CT molecular complexity index is 608. The van der Waals surface area contributed by atoms with Crippen molar-refractivity contribution in [3.63, 3.8) is 0 Å². The van der Waals surface area contributed by atoms with Crippen LogP contribution < -0.4 is 10.2 Å². The maximum Gasteiger partial charge on any atom is 0.330 e. The van der Waals surface area contributed by atoms with E-state index in [1.165, 1.54) is 19.3 Å². The predicted octanol–water partition coefficient (Wildman–Crippen LogP) is 0.181. The maximum atomic E-state index is 12.1. The van der Waals surface area contributed by atoms with E-state index in [0.29, 0.717) is 26.2 Å². The van der Waals surface area contributed by atoms with Gasteiger partial charge in [-0.05, 0) is 12.1 Å². The maximum absolute atomic E-state index is 12.1. The third-order valence-electron chi connectivity index (χ3n) is 3.72. The molecule has 24 heavy (non-hydrogen) atoms. The lowest BCUT2D eigenvalue weighted by Crippen LogP contribution is -2.52. The van der Waals surface area contributed by atoms with Gasteiger partial charge in [0.05, 0.1) is 7.11 Å². The van der Waals surface area contributed by atoms with E-state index >= 15 is 0 Å². The van der Waals surface area contributed by atoms with Crippen molar-refractivity contribution in [2.75, 3.05) is 44.7 Å². The van der Waals surface area contributed by atoms with Crippen molar-refractivity contribution in [2.24, 2.45) is 0 Å². The number of carbonyl (C=O) groups is 3. The number of ether oxygens (including phenoxy) is 1. The summed E-state index contributed by atoms with van der Waals surface area (Å²) < 4.78 is 4.43. The molecule has 1 heterocycles. The second-order valence-corrected chi connectivity index (χ2v) is 5.25. The zero-order valence-corrected chi connectivity index (χ0v) is 13.6. The zero-order valence-electron chi connectivity index (χ0n) is 13.6. The van der Waals surface area contributed by atoms with Gasteiger partial charge < -0.3 is 19.9 Å². The monoisotopic (exact) mass is 331 g/mol. The van der Waals surface area contributed by atoms with Gasteiger partial charge >= 0.3 is 17.8 Å². The summed E-state index contributed by atoms with van der Waals surface area (Å²) in [7, 11) is 1.27. The van der Waals surface area contributed by atoms with Crippen LogP contribution in [0.25, 0.3) is 0 Å². The van der Waals surface area contributed by atoms with Crippen LogP contribution in [0.5, 0.6) is 0 Å². The van der Waals surface area contributed by atoms with E-state index in [0.717, 1.165) is 5.69 Å². The fraction of sp³-hybridized carbons (Fsp3) is 0.353. The van der Waals surface area contributed by atoms with Crippen molar-refractivity contribution in [1.82, 2.24) is 10.2 Å². The fourth-order valence-corrected chi connectivity index (χ4v) is 2.40. The Morgan fingerprint density at radius 3 is 2.42 bits per heavy atom. The summed E-state index contributed by atoms with van der Waals surface area (Å²) in [6.07, 6.45) is 2.63. The lowest BCUT2D eigenvalue weighted by atomic mass is 10.2. The standard InChI is InChI=1S/C17H21N3O4/c1-24-15(21)8-5-9-18-16(22)17(23)20-12-10-19(11-13-20)14-6-3-2-4-7-14/h2-8H,9-13H2,1H3,(H,18,22)/b8-5+. The summed E-state index contributed by atoms with van der Waals surface area (Å²) >= 11 is 0. The number of para-hydroxylation sites is 1. The van der Waals surface area contributed by atoms with E-state index in [-0.39, 0.29) is 6.54 Å². The molecular formula is C17H21N3O4. The van der Waals surface area contributed by atoms with Crippen LogP contribution in [0.1, 0.15) is 0 Å². The summed E-state index contributed by atoms with van der Waals surface area (Å²) in [5.74, 6) is -1.72. The average molecular weight is 331 g/mol. The molecule has 1 N–H and O–H groups in total. The first-order valence-corrected chi connectivity index (χ1v) is 7.73. The Morgan fingerprint density at radius 1 is 1.12 bits per heavy atom. The highest BCUT2D eigenvalue weighted by atomic mass is 16.5. The molecule has 7 heteroatoms. The molecule has 7 nitrogen and oxygen atoms in total. The molecule has 2 rings (SSSR count). The molecule has 2 amide bonds. The van der Waals surface area contributed by atoms with Crippen LogP contribution in [0.4, 0.5) is 5.69 Å². The van der Waals surface area contributed by atoms with Gasteiger partial charge in [0, 0.05) is 44.5 Å². The van der Waals surface area contributed by atoms with E-state index in [4.69, 9.17) is 0 Å². The number of hydrogen-bond acceptors (Lipinski definition) is 5. The van der Waals surface area contributed by atoms with Gasteiger partial charge in [0.25, 0.3) is 0 Å². The van der Waals surface area contributed by atoms with Gasteiger partial charge in [0.2, 0.25) is 0 Å². The van der Waals surface area contributed by atoms with E-state index in [2.05, 4.69) is 15.0 Å². The molecule has 1 fully saturated rings. The topological polar surface area (TPSA) is 78.9 Å². The molecule has 0 aromatic heterocycles. The number of anilines is 1. The first-order chi connectivity index (χ1) is 11.6. The molecule has 1 saturated heterocycles. The van der Waals surface area contributed by atoms with Crippen molar-refractivity contribution >= 4 is 23.5 Å². The number of methoxy groups -OCH3 is 1. The Morgan fingerprint density at radius 2 is 1.79 bits per heavy atom. The molecule has 0 bridgehead atoms. The smallest absolute Gasteiger partial charge is 0.330 e. The number of amides is 2. The molecule has 0 atom stereocenters. The summed E-state index contributed by atoms with van der Waals surface area (Å²) in [5.41, 5.74) is 1.11. The minimum Gasteiger partial charge on any atom is -0.466 e. The summed E-state index contributed by atoms with van der Waals surface area (Å²) in [6.45, 7) is 2.47.